The number of piperidine rings is 1. The number of para-hydroxylation sites is 1. The predicted octanol–water partition coefficient (Wildman–Crippen LogP) is 4.88. The van der Waals surface area contributed by atoms with E-state index in [0.29, 0.717) is 0 Å². The minimum atomic E-state index is -0.121. The maximum absolute atomic E-state index is 12.6. The number of ether oxygens (including phenoxy) is 1. The van der Waals surface area contributed by atoms with E-state index < -0.39 is 0 Å². The standard InChI is InChI=1S/C22H22N4O2S2/c1-13-14(2)29-21-19(13)20(23-12-24-21)26-9-7-15(8-10-26)22(27)28-11-18-25-16-5-3-4-6-17(16)30-18/h3-6,12,15H,7-11H2,1-2H3. The van der Waals surface area contributed by atoms with Gasteiger partial charge in [0.25, 0.3) is 0 Å². The molecule has 1 aromatic carbocycles. The van der Waals surface area contributed by atoms with Crippen molar-refractivity contribution in [1.29, 1.82) is 0 Å². The summed E-state index contributed by atoms with van der Waals surface area (Å²) in [5, 5.41) is 1.99. The zero-order chi connectivity index (χ0) is 20.7. The van der Waals surface area contributed by atoms with Crippen LogP contribution in [0.2, 0.25) is 0 Å². The van der Waals surface area contributed by atoms with E-state index in [1.807, 2.05) is 24.3 Å². The van der Waals surface area contributed by atoms with Gasteiger partial charge in [-0.05, 0) is 44.4 Å². The zero-order valence-corrected chi connectivity index (χ0v) is 18.6. The molecule has 0 saturated carbocycles. The molecular formula is C22H22N4O2S2. The van der Waals surface area contributed by atoms with Crippen LogP contribution in [0.1, 0.15) is 28.3 Å². The number of carbonyl (C=O) groups excluding carboxylic acids is 1. The number of hydrogen-bond donors (Lipinski definition) is 0. The number of thiophene rings is 1. The largest absolute Gasteiger partial charge is 0.458 e. The number of anilines is 1. The van der Waals surface area contributed by atoms with Crippen LogP contribution in [0.4, 0.5) is 5.82 Å². The number of aromatic nitrogens is 3. The van der Waals surface area contributed by atoms with Gasteiger partial charge in [0.1, 0.15) is 28.6 Å². The van der Waals surface area contributed by atoms with Crippen LogP contribution in [0.25, 0.3) is 20.4 Å². The summed E-state index contributed by atoms with van der Waals surface area (Å²) in [5.41, 5.74) is 2.21. The average molecular weight is 439 g/mol. The van der Waals surface area contributed by atoms with Gasteiger partial charge in [-0.1, -0.05) is 12.1 Å². The summed E-state index contributed by atoms with van der Waals surface area (Å²) in [5.74, 6) is 0.797. The maximum atomic E-state index is 12.6. The molecule has 3 aromatic heterocycles. The van der Waals surface area contributed by atoms with Crippen LogP contribution in [-0.4, -0.2) is 34.0 Å². The number of nitrogens with zero attached hydrogens (tertiary/aromatic N) is 4. The van der Waals surface area contributed by atoms with Crippen molar-refractivity contribution >= 4 is 54.9 Å². The first-order valence-corrected chi connectivity index (χ1v) is 11.7. The summed E-state index contributed by atoms with van der Waals surface area (Å²) >= 11 is 3.29. The third-order valence-electron chi connectivity index (χ3n) is 5.75. The van der Waals surface area contributed by atoms with E-state index in [-0.39, 0.29) is 18.5 Å². The lowest BCUT2D eigenvalue weighted by Crippen LogP contribution is -2.37. The van der Waals surface area contributed by atoms with E-state index in [1.54, 1.807) is 29.0 Å². The molecule has 0 bridgehead atoms. The zero-order valence-electron chi connectivity index (χ0n) is 16.9. The van der Waals surface area contributed by atoms with Crippen molar-refractivity contribution < 1.29 is 9.53 Å². The summed E-state index contributed by atoms with van der Waals surface area (Å²) in [7, 11) is 0. The molecule has 4 aromatic rings. The van der Waals surface area contributed by atoms with Gasteiger partial charge in [-0.2, -0.15) is 0 Å². The second kappa shape index (κ2) is 7.92. The molecule has 5 rings (SSSR count). The van der Waals surface area contributed by atoms with Crippen molar-refractivity contribution in [1.82, 2.24) is 15.0 Å². The Kier molecular flexibility index (Phi) is 5.12. The van der Waals surface area contributed by atoms with Gasteiger partial charge in [0.05, 0.1) is 21.5 Å². The normalized spacial score (nSPS) is 15.2. The summed E-state index contributed by atoms with van der Waals surface area (Å²) < 4.78 is 6.71. The monoisotopic (exact) mass is 438 g/mol. The molecule has 0 unspecified atom stereocenters. The summed E-state index contributed by atoms with van der Waals surface area (Å²) in [6.45, 7) is 6.09. The second-order valence-electron chi connectivity index (χ2n) is 7.61. The number of benzene rings is 1. The van der Waals surface area contributed by atoms with Crippen LogP contribution in [0.5, 0.6) is 0 Å². The SMILES string of the molecule is Cc1sc2ncnc(N3CCC(C(=O)OCc4nc5ccccc5s4)CC3)c2c1C. The third kappa shape index (κ3) is 3.54. The summed E-state index contributed by atoms with van der Waals surface area (Å²) in [4.78, 5) is 30.7. The van der Waals surface area contributed by atoms with Crippen molar-refractivity contribution in [2.45, 2.75) is 33.3 Å². The average Bonchev–Trinajstić information content (AvgIpc) is 3.32. The van der Waals surface area contributed by atoms with Gasteiger partial charge in [-0.15, -0.1) is 22.7 Å². The Hall–Kier alpha value is -2.58. The third-order valence-corrected chi connectivity index (χ3v) is 7.87. The highest BCUT2D eigenvalue weighted by Gasteiger charge is 2.28. The van der Waals surface area contributed by atoms with Gasteiger partial charge in [0.2, 0.25) is 0 Å². The molecule has 6 nitrogen and oxygen atoms in total. The van der Waals surface area contributed by atoms with Gasteiger partial charge in [-0.25, -0.2) is 15.0 Å². The Morgan fingerprint density at radius 1 is 1.17 bits per heavy atom. The van der Waals surface area contributed by atoms with E-state index in [2.05, 4.69) is 33.7 Å². The number of fused-ring (bicyclic) bond motifs is 2. The molecule has 0 amide bonds. The van der Waals surface area contributed by atoms with Gasteiger partial charge in [0, 0.05) is 18.0 Å². The molecule has 1 saturated heterocycles. The Morgan fingerprint density at radius 3 is 2.77 bits per heavy atom. The smallest absolute Gasteiger partial charge is 0.309 e. The molecule has 1 fully saturated rings. The number of esters is 1. The molecule has 1 aliphatic rings. The van der Waals surface area contributed by atoms with Crippen molar-refractivity contribution in [2.24, 2.45) is 5.92 Å². The highest BCUT2D eigenvalue weighted by molar-refractivity contribution is 7.19. The molecule has 0 N–H and O–H groups in total. The van der Waals surface area contributed by atoms with Crippen molar-refractivity contribution in [2.75, 3.05) is 18.0 Å². The van der Waals surface area contributed by atoms with E-state index >= 15 is 0 Å². The number of thiazole rings is 1. The maximum Gasteiger partial charge on any atom is 0.309 e. The Bertz CT molecular complexity index is 1190. The molecule has 0 radical (unpaired) electrons. The molecule has 4 heterocycles. The van der Waals surface area contributed by atoms with Crippen LogP contribution < -0.4 is 4.90 Å². The highest BCUT2D eigenvalue weighted by atomic mass is 32.1. The summed E-state index contributed by atoms with van der Waals surface area (Å²) in [6.07, 6.45) is 3.18. The Balaban J connectivity index is 1.22. The first kappa shape index (κ1) is 19.4. The van der Waals surface area contributed by atoms with E-state index in [9.17, 15) is 4.79 Å². The lowest BCUT2D eigenvalue weighted by atomic mass is 9.97. The van der Waals surface area contributed by atoms with E-state index in [1.165, 1.54) is 10.4 Å². The lowest BCUT2D eigenvalue weighted by Gasteiger charge is -2.32. The quantitative estimate of drug-likeness (QED) is 0.423. The highest BCUT2D eigenvalue weighted by Crippen LogP contribution is 2.35. The second-order valence-corrected chi connectivity index (χ2v) is 9.92. The molecule has 8 heteroatoms. The van der Waals surface area contributed by atoms with Gasteiger partial charge >= 0.3 is 5.97 Å². The minimum absolute atomic E-state index is 0.0711. The summed E-state index contributed by atoms with van der Waals surface area (Å²) in [6, 6.07) is 7.98. The molecule has 1 aliphatic heterocycles. The molecule has 0 atom stereocenters. The van der Waals surface area contributed by atoms with Crippen LogP contribution in [0, 0.1) is 19.8 Å². The fourth-order valence-corrected chi connectivity index (χ4v) is 5.83. The first-order chi connectivity index (χ1) is 14.6. The molecule has 154 valence electrons. The Labute approximate surface area is 182 Å². The van der Waals surface area contributed by atoms with Gasteiger partial charge in [0.15, 0.2) is 0 Å². The Morgan fingerprint density at radius 2 is 1.97 bits per heavy atom. The molecular weight excluding hydrogens is 416 g/mol. The predicted molar refractivity (Wildman–Crippen MR) is 121 cm³/mol. The van der Waals surface area contributed by atoms with Gasteiger partial charge in [-0.3, -0.25) is 4.79 Å². The van der Waals surface area contributed by atoms with Crippen LogP contribution in [-0.2, 0) is 16.1 Å². The molecule has 0 spiro atoms. The number of hydrogen-bond acceptors (Lipinski definition) is 8. The van der Waals surface area contributed by atoms with Crippen LogP contribution in [0.15, 0.2) is 30.6 Å². The van der Waals surface area contributed by atoms with Crippen molar-refractivity contribution in [3.05, 3.63) is 46.0 Å². The number of aryl methyl sites for hydroxylation is 2. The topological polar surface area (TPSA) is 68.2 Å². The number of carbonyl (C=O) groups is 1. The van der Waals surface area contributed by atoms with E-state index in [0.717, 1.165) is 57.2 Å². The fourth-order valence-electron chi connectivity index (χ4n) is 3.96. The first-order valence-electron chi connectivity index (χ1n) is 10.1. The van der Waals surface area contributed by atoms with E-state index in [4.69, 9.17) is 4.74 Å². The van der Waals surface area contributed by atoms with Crippen LogP contribution in [0.3, 0.4) is 0 Å². The van der Waals surface area contributed by atoms with Crippen molar-refractivity contribution in [3.63, 3.8) is 0 Å². The van der Waals surface area contributed by atoms with Crippen LogP contribution >= 0.6 is 22.7 Å². The van der Waals surface area contributed by atoms with Gasteiger partial charge < -0.3 is 9.64 Å². The number of rotatable bonds is 4. The lowest BCUT2D eigenvalue weighted by molar-refractivity contribution is -0.150. The molecule has 0 aliphatic carbocycles. The minimum Gasteiger partial charge on any atom is -0.458 e. The van der Waals surface area contributed by atoms with Crippen molar-refractivity contribution in [3.8, 4) is 0 Å². The molecule has 30 heavy (non-hydrogen) atoms. The fraction of sp³-hybridized carbons (Fsp3) is 0.364.